The van der Waals surface area contributed by atoms with Gasteiger partial charge in [0.05, 0.1) is 6.61 Å². The zero-order valence-electron chi connectivity index (χ0n) is 11.0. The van der Waals surface area contributed by atoms with Crippen molar-refractivity contribution in [3.05, 3.63) is 36.4 Å². The summed E-state index contributed by atoms with van der Waals surface area (Å²) in [5, 5.41) is 1.08. The minimum Gasteiger partial charge on any atom is -0.465 e. The summed E-state index contributed by atoms with van der Waals surface area (Å²) in [6.45, 7) is 2.26. The first-order valence-electron chi connectivity index (χ1n) is 6.05. The number of thioether (sulfide) groups is 1. The third-order valence-corrected chi connectivity index (χ3v) is 4.71. The van der Waals surface area contributed by atoms with Crippen molar-refractivity contribution < 1.29 is 13.5 Å². The molecule has 0 saturated heterocycles. The number of rotatable bonds is 5. The number of esters is 1. The lowest BCUT2D eigenvalue weighted by Gasteiger charge is -1.97. The number of benzene rings is 1. The molecular formula is C14H16NO2S2+. The summed E-state index contributed by atoms with van der Waals surface area (Å²) in [5.74, 6) is 0.187. The Morgan fingerprint density at radius 1 is 1.37 bits per heavy atom. The van der Waals surface area contributed by atoms with Crippen LogP contribution in [0.25, 0.3) is 10.4 Å². The van der Waals surface area contributed by atoms with Gasteiger partial charge in [0, 0.05) is 6.07 Å². The summed E-state index contributed by atoms with van der Waals surface area (Å²) in [5.41, 5.74) is 1.20. The molecule has 0 amide bonds. The van der Waals surface area contributed by atoms with Gasteiger partial charge in [-0.05, 0) is 24.2 Å². The van der Waals surface area contributed by atoms with E-state index < -0.39 is 0 Å². The summed E-state index contributed by atoms with van der Waals surface area (Å²) in [4.78, 5) is 12.6. The smallest absolute Gasteiger partial charge is 0.316 e. The molecule has 0 N–H and O–H groups in total. The van der Waals surface area contributed by atoms with Crippen LogP contribution in [0, 0.1) is 0 Å². The van der Waals surface area contributed by atoms with E-state index in [4.69, 9.17) is 4.74 Å². The lowest BCUT2D eigenvalue weighted by Crippen LogP contribution is -2.24. The van der Waals surface area contributed by atoms with Crippen LogP contribution < -0.4 is 3.96 Å². The van der Waals surface area contributed by atoms with Crippen LogP contribution in [0.4, 0.5) is 0 Å². The van der Waals surface area contributed by atoms with Gasteiger partial charge in [0.25, 0.3) is 5.03 Å². The maximum Gasteiger partial charge on any atom is 0.316 e. The van der Waals surface area contributed by atoms with E-state index in [0.29, 0.717) is 12.4 Å². The van der Waals surface area contributed by atoms with Gasteiger partial charge in [0.1, 0.15) is 22.2 Å². The average Bonchev–Trinajstić information content (AvgIpc) is 2.79. The second kappa shape index (κ2) is 6.73. The first-order valence-corrected chi connectivity index (χ1v) is 7.80. The Balaban J connectivity index is 2.07. The molecule has 2 rings (SSSR count). The predicted molar refractivity (Wildman–Crippen MR) is 78.3 cm³/mol. The SMILES string of the molecule is CCOC(=O)CSc1cc(-c2ccccc2)s[n+]1C. The molecular weight excluding hydrogens is 278 g/mol. The van der Waals surface area contributed by atoms with Gasteiger partial charge in [-0.25, -0.2) is 0 Å². The molecule has 0 fully saturated rings. The summed E-state index contributed by atoms with van der Waals surface area (Å²) in [6.07, 6.45) is 0. The minimum atomic E-state index is -0.167. The molecule has 0 aliphatic rings. The molecule has 3 nitrogen and oxygen atoms in total. The standard InChI is InChI=1S/C14H16NO2S2/c1-3-17-14(16)10-18-13-9-12(19-15(13)2)11-7-5-4-6-8-11/h4-9H,3,10H2,1-2H3/q+1. The van der Waals surface area contributed by atoms with Crippen molar-refractivity contribution in [2.24, 2.45) is 7.05 Å². The normalized spacial score (nSPS) is 10.4. The monoisotopic (exact) mass is 294 g/mol. The van der Waals surface area contributed by atoms with Crippen molar-refractivity contribution in [3.8, 4) is 10.4 Å². The zero-order chi connectivity index (χ0) is 13.7. The number of hydrogen-bond acceptors (Lipinski definition) is 4. The Labute approximate surface area is 121 Å². The van der Waals surface area contributed by atoms with Crippen LogP contribution in [0.2, 0.25) is 0 Å². The van der Waals surface area contributed by atoms with E-state index in [9.17, 15) is 4.79 Å². The Hall–Kier alpha value is -1.33. The number of ether oxygens (including phenoxy) is 1. The molecule has 0 unspecified atom stereocenters. The fraction of sp³-hybridized carbons (Fsp3) is 0.286. The van der Waals surface area contributed by atoms with Crippen LogP contribution in [0.3, 0.4) is 0 Å². The molecule has 1 aromatic carbocycles. The van der Waals surface area contributed by atoms with Gasteiger partial charge in [-0.15, -0.1) is 3.96 Å². The molecule has 0 atom stereocenters. The second-order valence-corrected chi connectivity index (χ2v) is 6.06. The Kier molecular flexibility index (Phi) is 4.99. The Bertz CT molecular complexity index is 552. The molecule has 100 valence electrons. The largest absolute Gasteiger partial charge is 0.465 e. The Morgan fingerprint density at radius 3 is 2.79 bits per heavy atom. The summed E-state index contributed by atoms with van der Waals surface area (Å²) in [7, 11) is 2.00. The maximum absolute atomic E-state index is 11.4. The molecule has 0 aliphatic carbocycles. The van der Waals surface area contributed by atoms with E-state index in [2.05, 4.69) is 22.2 Å². The van der Waals surface area contributed by atoms with Gasteiger partial charge >= 0.3 is 5.97 Å². The van der Waals surface area contributed by atoms with E-state index in [0.717, 1.165) is 5.03 Å². The van der Waals surface area contributed by atoms with E-state index in [1.54, 1.807) is 11.5 Å². The van der Waals surface area contributed by atoms with Gasteiger partial charge in [0.2, 0.25) is 0 Å². The number of carbonyl (C=O) groups excluding carboxylic acids is 1. The van der Waals surface area contributed by atoms with Crippen molar-refractivity contribution in [2.75, 3.05) is 12.4 Å². The van der Waals surface area contributed by atoms with Crippen molar-refractivity contribution in [3.63, 3.8) is 0 Å². The molecule has 0 saturated carbocycles. The molecule has 2 aromatic rings. The number of aryl methyl sites for hydroxylation is 1. The molecule has 0 spiro atoms. The zero-order valence-corrected chi connectivity index (χ0v) is 12.6. The highest BCUT2D eigenvalue weighted by atomic mass is 32.2. The summed E-state index contributed by atoms with van der Waals surface area (Å²) in [6, 6.07) is 12.4. The predicted octanol–water partition coefficient (Wildman–Crippen LogP) is 2.89. The first-order chi connectivity index (χ1) is 9.20. The van der Waals surface area contributed by atoms with Crippen molar-refractivity contribution in [2.45, 2.75) is 11.9 Å². The lowest BCUT2D eigenvalue weighted by atomic mass is 10.2. The summed E-state index contributed by atoms with van der Waals surface area (Å²) >= 11 is 3.19. The van der Waals surface area contributed by atoms with Gasteiger partial charge in [-0.1, -0.05) is 30.3 Å². The highest BCUT2D eigenvalue weighted by Crippen LogP contribution is 2.27. The fourth-order valence-electron chi connectivity index (χ4n) is 1.63. The topological polar surface area (TPSA) is 30.2 Å². The van der Waals surface area contributed by atoms with Crippen molar-refractivity contribution in [1.29, 1.82) is 0 Å². The van der Waals surface area contributed by atoms with Crippen LogP contribution in [-0.4, -0.2) is 18.3 Å². The maximum atomic E-state index is 11.4. The number of hydrogen-bond donors (Lipinski definition) is 0. The molecule has 0 radical (unpaired) electrons. The molecule has 1 heterocycles. The van der Waals surface area contributed by atoms with Crippen molar-refractivity contribution in [1.82, 2.24) is 0 Å². The summed E-state index contributed by atoms with van der Waals surface area (Å²) < 4.78 is 7.00. The second-order valence-electron chi connectivity index (χ2n) is 3.90. The third-order valence-electron chi connectivity index (χ3n) is 2.50. The van der Waals surface area contributed by atoms with Gasteiger partial charge in [0.15, 0.2) is 7.05 Å². The molecule has 5 heteroatoms. The van der Waals surface area contributed by atoms with Crippen LogP contribution in [0.15, 0.2) is 41.4 Å². The highest BCUT2D eigenvalue weighted by molar-refractivity contribution is 7.99. The van der Waals surface area contributed by atoms with Gasteiger partial charge < -0.3 is 4.74 Å². The molecule has 1 aromatic heterocycles. The molecule has 0 aliphatic heterocycles. The fourth-order valence-corrected chi connectivity index (χ4v) is 3.55. The number of aromatic nitrogens is 1. The van der Waals surface area contributed by atoms with Gasteiger partial charge in [-0.2, -0.15) is 0 Å². The van der Waals surface area contributed by atoms with Crippen LogP contribution in [0.1, 0.15) is 6.92 Å². The Morgan fingerprint density at radius 2 is 2.11 bits per heavy atom. The highest BCUT2D eigenvalue weighted by Gasteiger charge is 2.17. The third kappa shape index (κ3) is 3.81. The number of nitrogens with zero attached hydrogens (tertiary/aromatic N) is 1. The average molecular weight is 294 g/mol. The molecule has 19 heavy (non-hydrogen) atoms. The van der Waals surface area contributed by atoms with E-state index >= 15 is 0 Å². The number of carbonyl (C=O) groups is 1. The first kappa shape index (κ1) is 14.1. The van der Waals surface area contributed by atoms with E-state index in [1.807, 2.05) is 32.2 Å². The van der Waals surface area contributed by atoms with Crippen LogP contribution in [0.5, 0.6) is 0 Å². The van der Waals surface area contributed by atoms with Crippen LogP contribution >= 0.6 is 23.3 Å². The van der Waals surface area contributed by atoms with Gasteiger partial charge in [-0.3, -0.25) is 4.79 Å². The minimum absolute atomic E-state index is 0.167. The van der Waals surface area contributed by atoms with Crippen LogP contribution in [-0.2, 0) is 16.6 Å². The quantitative estimate of drug-likeness (QED) is 0.482. The lowest BCUT2D eigenvalue weighted by molar-refractivity contribution is -0.640. The van der Waals surface area contributed by atoms with E-state index in [1.165, 1.54) is 22.2 Å². The molecule has 0 bridgehead atoms. The van der Waals surface area contributed by atoms with E-state index in [-0.39, 0.29) is 5.97 Å². The van der Waals surface area contributed by atoms with Crippen molar-refractivity contribution >= 4 is 29.3 Å².